The van der Waals surface area contributed by atoms with Crippen LogP contribution < -0.4 is 29.9 Å². The third kappa shape index (κ3) is 5.46. The van der Waals surface area contributed by atoms with Gasteiger partial charge in [-0.15, -0.1) is 0 Å². The lowest BCUT2D eigenvalue weighted by molar-refractivity contribution is -0.892. The molecule has 8 heteroatoms. The summed E-state index contributed by atoms with van der Waals surface area (Å²) in [5.41, 5.74) is 2.03. The molecule has 0 bridgehead atoms. The van der Waals surface area contributed by atoms with Crippen molar-refractivity contribution in [3.63, 3.8) is 0 Å². The lowest BCUT2D eigenvalue weighted by atomic mass is 10.2. The molecular formula is C23H29N4O4+. The van der Waals surface area contributed by atoms with E-state index in [0.717, 1.165) is 18.8 Å². The molecule has 8 nitrogen and oxygen atoms in total. The first-order chi connectivity index (χ1) is 15.1. The number of rotatable bonds is 7. The van der Waals surface area contributed by atoms with E-state index >= 15 is 0 Å². The Hall–Kier alpha value is -3.26. The van der Waals surface area contributed by atoms with Gasteiger partial charge in [-0.2, -0.15) is 0 Å². The first-order valence-corrected chi connectivity index (χ1v) is 10.7. The number of quaternary nitrogens is 1. The van der Waals surface area contributed by atoms with Crippen LogP contribution in [0.2, 0.25) is 0 Å². The maximum absolute atomic E-state index is 12.5. The van der Waals surface area contributed by atoms with Gasteiger partial charge in [0.05, 0.1) is 26.2 Å². The van der Waals surface area contributed by atoms with Crippen LogP contribution in [0.5, 0.6) is 11.5 Å². The topological polar surface area (TPSA) is 84.3 Å². The Balaban J connectivity index is 1.22. The van der Waals surface area contributed by atoms with Crippen molar-refractivity contribution < 1.29 is 24.0 Å². The van der Waals surface area contributed by atoms with Crippen LogP contribution in [0, 0.1) is 0 Å². The number of nitrogens with one attached hydrogen (secondary N) is 3. The Bertz CT molecular complexity index is 921. The normalized spacial score (nSPS) is 18.5. The second kappa shape index (κ2) is 9.70. The molecule has 0 saturated carbocycles. The minimum Gasteiger partial charge on any atom is -0.486 e. The van der Waals surface area contributed by atoms with E-state index in [2.05, 4.69) is 29.8 Å². The smallest absolute Gasteiger partial charge is 0.315 e. The van der Waals surface area contributed by atoms with Crippen LogP contribution >= 0.6 is 0 Å². The third-order valence-corrected chi connectivity index (χ3v) is 5.48. The van der Waals surface area contributed by atoms with Gasteiger partial charge in [0.25, 0.3) is 0 Å². The summed E-state index contributed by atoms with van der Waals surface area (Å²) in [5, 5.41) is 5.82. The van der Waals surface area contributed by atoms with Crippen molar-refractivity contribution in [2.45, 2.75) is 19.0 Å². The number of urea groups is 1. The second-order valence-corrected chi connectivity index (χ2v) is 8.00. The van der Waals surface area contributed by atoms with Crippen molar-refractivity contribution in [3.8, 4) is 11.5 Å². The van der Waals surface area contributed by atoms with Gasteiger partial charge in [0, 0.05) is 30.3 Å². The SMILES string of the molecule is C[NH+](CCNC(=O)N[C@H]1CC(=O)N(c2ccc3c(c2)OCCO3)C1)Cc1ccccc1. The van der Waals surface area contributed by atoms with Crippen LogP contribution in [0.25, 0.3) is 0 Å². The van der Waals surface area contributed by atoms with E-state index in [1.807, 2.05) is 36.4 Å². The molecule has 2 aliphatic rings. The Labute approximate surface area is 182 Å². The van der Waals surface area contributed by atoms with Crippen molar-refractivity contribution >= 4 is 17.6 Å². The third-order valence-electron chi connectivity index (χ3n) is 5.48. The number of hydrogen-bond acceptors (Lipinski definition) is 4. The van der Waals surface area contributed by atoms with Gasteiger partial charge in [0.15, 0.2) is 11.5 Å². The maximum Gasteiger partial charge on any atom is 0.315 e. The number of hydrogen-bond donors (Lipinski definition) is 3. The van der Waals surface area contributed by atoms with Crippen LogP contribution in [0.4, 0.5) is 10.5 Å². The fourth-order valence-electron chi connectivity index (χ4n) is 3.91. The Kier molecular flexibility index (Phi) is 6.57. The molecule has 3 N–H and O–H groups in total. The van der Waals surface area contributed by atoms with Crippen molar-refractivity contribution in [1.82, 2.24) is 10.6 Å². The Morgan fingerprint density at radius 2 is 1.90 bits per heavy atom. The summed E-state index contributed by atoms with van der Waals surface area (Å²) in [6.45, 7) is 3.75. The molecule has 0 radical (unpaired) electrons. The summed E-state index contributed by atoms with van der Waals surface area (Å²) in [4.78, 5) is 27.8. The van der Waals surface area contributed by atoms with E-state index in [0.29, 0.717) is 37.8 Å². The molecule has 0 spiro atoms. The molecule has 0 aliphatic carbocycles. The van der Waals surface area contributed by atoms with Crippen LogP contribution in [0.1, 0.15) is 12.0 Å². The van der Waals surface area contributed by atoms with E-state index in [1.165, 1.54) is 10.5 Å². The molecule has 1 unspecified atom stereocenters. The van der Waals surface area contributed by atoms with Crippen LogP contribution in [-0.4, -0.2) is 57.9 Å². The molecule has 3 amide bonds. The van der Waals surface area contributed by atoms with E-state index in [4.69, 9.17) is 9.47 Å². The summed E-state index contributed by atoms with van der Waals surface area (Å²) in [7, 11) is 2.10. The lowest BCUT2D eigenvalue weighted by Crippen LogP contribution is -3.08. The molecule has 2 heterocycles. The highest BCUT2D eigenvalue weighted by molar-refractivity contribution is 5.97. The summed E-state index contributed by atoms with van der Waals surface area (Å²) >= 11 is 0. The summed E-state index contributed by atoms with van der Waals surface area (Å²) < 4.78 is 11.1. The summed E-state index contributed by atoms with van der Waals surface area (Å²) in [5.74, 6) is 1.32. The lowest BCUT2D eigenvalue weighted by Gasteiger charge is -2.22. The Morgan fingerprint density at radius 3 is 2.71 bits per heavy atom. The number of carbonyl (C=O) groups is 2. The fourth-order valence-corrected chi connectivity index (χ4v) is 3.91. The van der Waals surface area contributed by atoms with Crippen LogP contribution in [0.15, 0.2) is 48.5 Å². The zero-order valence-electron chi connectivity index (χ0n) is 17.7. The average molecular weight is 426 g/mol. The molecule has 1 saturated heterocycles. The van der Waals surface area contributed by atoms with Gasteiger partial charge in [-0.25, -0.2) is 4.79 Å². The molecule has 4 rings (SSSR count). The van der Waals surface area contributed by atoms with E-state index in [-0.39, 0.29) is 24.4 Å². The number of nitrogens with zero attached hydrogens (tertiary/aromatic N) is 1. The predicted molar refractivity (Wildman–Crippen MR) is 117 cm³/mol. The van der Waals surface area contributed by atoms with Crippen molar-refractivity contribution in [2.24, 2.45) is 0 Å². The molecule has 164 valence electrons. The number of amides is 3. The van der Waals surface area contributed by atoms with Crippen LogP contribution in [-0.2, 0) is 11.3 Å². The van der Waals surface area contributed by atoms with Crippen molar-refractivity contribution in [1.29, 1.82) is 0 Å². The molecule has 2 aromatic rings. The van der Waals surface area contributed by atoms with E-state index in [9.17, 15) is 9.59 Å². The number of anilines is 1. The van der Waals surface area contributed by atoms with Gasteiger partial charge in [-0.1, -0.05) is 30.3 Å². The fraction of sp³-hybridized carbons (Fsp3) is 0.391. The largest absolute Gasteiger partial charge is 0.486 e. The van der Waals surface area contributed by atoms with Gasteiger partial charge in [-0.05, 0) is 12.1 Å². The monoisotopic (exact) mass is 425 g/mol. The minimum atomic E-state index is -0.241. The molecular weight excluding hydrogens is 396 g/mol. The standard InChI is InChI=1S/C23H28N4O4/c1-26(15-17-5-3-2-4-6-17)10-9-24-23(29)25-18-13-22(28)27(16-18)19-7-8-20-21(14-19)31-12-11-30-20/h2-8,14,18H,9-13,15-16H2,1H3,(H2,24,25,29)/p+1/t18-/m0/s1. The molecule has 2 atom stereocenters. The number of ether oxygens (including phenoxy) is 2. The quantitative estimate of drug-likeness (QED) is 0.606. The van der Waals surface area contributed by atoms with Crippen molar-refractivity contribution in [2.75, 3.05) is 44.8 Å². The van der Waals surface area contributed by atoms with E-state index < -0.39 is 0 Å². The highest BCUT2D eigenvalue weighted by atomic mass is 16.6. The molecule has 31 heavy (non-hydrogen) atoms. The first-order valence-electron chi connectivity index (χ1n) is 10.7. The highest BCUT2D eigenvalue weighted by Crippen LogP contribution is 2.35. The Morgan fingerprint density at radius 1 is 1.13 bits per heavy atom. The number of benzene rings is 2. The highest BCUT2D eigenvalue weighted by Gasteiger charge is 2.32. The van der Waals surface area contributed by atoms with Gasteiger partial charge in [-0.3, -0.25) is 4.79 Å². The number of fused-ring (bicyclic) bond motifs is 1. The molecule has 0 aromatic heterocycles. The molecule has 2 aromatic carbocycles. The molecule has 2 aliphatic heterocycles. The molecule has 1 fully saturated rings. The summed E-state index contributed by atoms with van der Waals surface area (Å²) in [6, 6.07) is 15.3. The second-order valence-electron chi connectivity index (χ2n) is 8.00. The first kappa shape index (κ1) is 21.0. The summed E-state index contributed by atoms with van der Waals surface area (Å²) in [6.07, 6.45) is 0.279. The maximum atomic E-state index is 12.5. The zero-order chi connectivity index (χ0) is 21.6. The van der Waals surface area contributed by atoms with E-state index in [1.54, 1.807) is 4.90 Å². The average Bonchev–Trinajstić information content (AvgIpc) is 3.13. The van der Waals surface area contributed by atoms with Gasteiger partial charge in [0.2, 0.25) is 5.91 Å². The predicted octanol–water partition coefficient (Wildman–Crippen LogP) is 0.577. The number of likely N-dealkylation sites (N-methyl/N-ethyl adjacent to an activating group) is 1. The van der Waals surface area contributed by atoms with Gasteiger partial charge < -0.3 is 29.9 Å². The van der Waals surface area contributed by atoms with Crippen LogP contribution in [0.3, 0.4) is 0 Å². The number of carbonyl (C=O) groups excluding carboxylic acids is 2. The zero-order valence-corrected chi connectivity index (χ0v) is 17.7. The van der Waals surface area contributed by atoms with Gasteiger partial charge in [0.1, 0.15) is 19.8 Å². The van der Waals surface area contributed by atoms with Gasteiger partial charge >= 0.3 is 6.03 Å². The van der Waals surface area contributed by atoms with Crippen molar-refractivity contribution in [3.05, 3.63) is 54.1 Å². The minimum absolute atomic E-state index is 0.0194.